The van der Waals surface area contributed by atoms with Crippen LogP contribution in [0.15, 0.2) is 23.4 Å². The van der Waals surface area contributed by atoms with Crippen molar-refractivity contribution < 1.29 is 4.79 Å². The molecule has 2 aromatic heterocycles. The molecule has 1 amide bonds. The number of carbonyl (C=O) groups excluding carboxylic acids is 1. The Morgan fingerprint density at radius 1 is 1.56 bits per heavy atom. The van der Waals surface area contributed by atoms with E-state index in [-0.39, 0.29) is 11.7 Å². The van der Waals surface area contributed by atoms with Gasteiger partial charge in [0.15, 0.2) is 5.16 Å². The molecule has 2 heterocycles. The molecule has 1 aliphatic carbocycles. The number of nitrogens with one attached hydrogen (secondary N) is 2. The number of H-pyrrole nitrogens is 1. The first-order valence-corrected chi connectivity index (χ1v) is 10.8. The predicted octanol–water partition coefficient (Wildman–Crippen LogP) is 5.01. The number of nitriles is 1. The van der Waals surface area contributed by atoms with Crippen LogP contribution in [0.3, 0.4) is 0 Å². The summed E-state index contributed by atoms with van der Waals surface area (Å²) in [6, 6.07) is 7.72. The van der Waals surface area contributed by atoms with Crippen LogP contribution in [-0.2, 0) is 17.6 Å². The van der Waals surface area contributed by atoms with Gasteiger partial charge in [0.1, 0.15) is 11.1 Å². The molecule has 1 aromatic carbocycles. The Kier molecular flexibility index (Phi) is 5.13. The summed E-state index contributed by atoms with van der Waals surface area (Å²) in [7, 11) is 0. The van der Waals surface area contributed by atoms with Crippen molar-refractivity contribution in [2.24, 2.45) is 5.92 Å². The van der Waals surface area contributed by atoms with Crippen molar-refractivity contribution in [1.29, 1.82) is 5.26 Å². The Labute approximate surface area is 170 Å². The molecule has 1 aliphatic rings. The van der Waals surface area contributed by atoms with E-state index >= 15 is 0 Å². The number of hydrogen-bond acceptors (Lipinski definition) is 5. The minimum absolute atomic E-state index is 0.137. The number of amides is 1. The number of anilines is 1. The number of aromatic amines is 1. The molecule has 0 fully saturated rings. The lowest BCUT2D eigenvalue weighted by Gasteiger charge is -2.17. The Hall–Kier alpha value is -2.01. The fraction of sp³-hybridized carbons (Fsp3) is 0.316. The topological polar surface area (TPSA) is 81.6 Å². The molecule has 0 saturated carbocycles. The van der Waals surface area contributed by atoms with Gasteiger partial charge in [0, 0.05) is 9.90 Å². The summed E-state index contributed by atoms with van der Waals surface area (Å²) in [6.45, 7) is 2.23. The van der Waals surface area contributed by atoms with Crippen LogP contribution in [0.25, 0.3) is 11.0 Å². The number of imidazole rings is 1. The van der Waals surface area contributed by atoms with Gasteiger partial charge in [-0.25, -0.2) is 4.98 Å². The van der Waals surface area contributed by atoms with Gasteiger partial charge in [0.05, 0.1) is 22.3 Å². The highest BCUT2D eigenvalue weighted by Crippen LogP contribution is 2.39. The summed E-state index contributed by atoms with van der Waals surface area (Å²) >= 11 is 8.85. The molecule has 138 valence electrons. The van der Waals surface area contributed by atoms with Gasteiger partial charge in [0.2, 0.25) is 5.91 Å². The van der Waals surface area contributed by atoms with E-state index in [1.807, 2.05) is 12.1 Å². The summed E-state index contributed by atoms with van der Waals surface area (Å²) < 4.78 is 0. The van der Waals surface area contributed by atoms with Crippen molar-refractivity contribution in [3.63, 3.8) is 0 Å². The Morgan fingerprint density at radius 3 is 3.22 bits per heavy atom. The van der Waals surface area contributed by atoms with Gasteiger partial charge in [-0.3, -0.25) is 4.79 Å². The summed E-state index contributed by atoms with van der Waals surface area (Å²) in [5.41, 5.74) is 3.42. The van der Waals surface area contributed by atoms with E-state index in [9.17, 15) is 10.1 Å². The van der Waals surface area contributed by atoms with Crippen molar-refractivity contribution in [3.05, 3.63) is 39.2 Å². The van der Waals surface area contributed by atoms with Crippen LogP contribution >= 0.6 is 34.7 Å². The van der Waals surface area contributed by atoms with E-state index in [0.29, 0.717) is 26.7 Å². The number of thioether (sulfide) groups is 1. The molecular formula is C19H17ClN4OS2. The molecule has 0 radical (unpaired) electrons. The minimum atomic E-state index is -0.137. The number of halogens is 1. The Balaban J connectivity index is 1.44. The fourth-order valence-electron chi connectivity index (χ4n) is 3.28. The zero-order valence-corrected chi connectivity index (χ0v) is 17.0. The predicted molar refractivity (Wildman–Crippen MR) is 111 cm³/mol. The first kappa shape index (κ1) is 18.4. The third-order valence-electron chi connectivity index (χ3n) is 4.64. The molecule has 4 rings (SSSR count). The molecule has 1 atom stereocenters. The molecule has 0 spiro atoms. The Morgan fingerprint density at radius 2 is 2.41 bits per heavy atom. The highest BCUT2D eigenvalue weighted by atomic mass is 35.5. The van der Waals surface area contributed by atoms with Gasteiger partial charge in [-0.1, -0.05) is 30.3 Å². The van der Waals surface area contributed by atoms with Gasteiger partial charge in [-0.15, -0.1) is 11.3 Å². The maximum atomic E-state index is 12.4. The zero-order chi connectivity index (χ0) is 19.0. The molecular weight excluding hydrogens is 400 g/mol. The van der Waals surface area contributed by atoms with Crippen LogP contribution in [0, 0.1) is 17.2 Å². The zero-order valence-electron chi connectivity index (χ0n) is 14.6. The SMILES string of the molecule is CC1CCc2c(sc(NC(=O)CSc3nc4ccc(Cl)cc4[nH]3)c2C#N)C1. The van der Waals surface area contributed by atoms with Crippen LogP contribution in [0.2, 0.25) is 5.02 Å². The second-order valence-corrected chi connectivity index (χ2v) is 9.21. The number of benzene rings is 1. The summed E-state index contributed by atoms with van der Waals surface area (Å²) in [5.74, 6) is 0.710. The molecule has 1 unspecified atom stereocenters. The first-order chi connectivity index (χ1) is 13.0. The molecule has 27 heavy (non-hydrogen) atoms. The third-order valence-corrected chi connectivity index (χ3v) is 6.92. The quantitative estimate of drug-likeness (QED) is 0.586. The average molecular weight is 417 g/mol. The molecule has 2 N–H and O–H groups in total. The maximum absolute atomic E-state index is 12.4. The molecule has 5 nitrogen and oxygen atoms in total. The van der Waals surface area contributed by atoms with Crippen LogP contribution in [0.4, 0.5) is 5.00 Å². The van der Waals surface area contributed by atoms with E-state index in [1.54, 1.807) is 17.4 Å². The van der Waals surface area contributed by atoms with Crippen LogP contribution in [0.1, 0.15) is 29.3 Å². The summed E-state index contributed by atoms with van der Waals surface area (Å²) in [6.07, 6.45) is 3.00. The number of hydrogen-bond donors (Lipinski definition) is 2. The van der Waals surface area contributed by atoms with Crippen molar-refractivity contribution in [3.8, 4) is 6.07 Å². The van der Waals surface area contributed by atoms with Gasteiger partial charge in [0.25, 0.3) is 0 Å². The van der Waals surface area contributed by atoms with Gasteiger partial charge in [-0.05, 0) is 48.9 Å². The highest BCUT2D eigenvalue weighted by Gasteiger charge is 2.24. The van der Waals surface area contributed by atoms with Crippen LogP contribution in [-0.4, -0.2) is 21.6 Å². The highest BCUT2D eigenvalue weighted by molar-refractivity contribution is 7.99. The third kappa shape index (κ3) is 3.84. The van der Waals surface area contributed by atoms with Gasteiger partial charge in [-0.2, -0.15) is 5.26 Å². The van der Waals surface area contributed by atoms with E-state index in [0.717, 1.165) is 35.9 Å². The minimum Gasteiger partial charge on any atom is -0.333 e. The standard InChI is InChI=1S/C19H17ClN4OS2/c1-10-2-4-12-13(8-21)18(27-16(12)6-10)24-17(25)9-26-19-22-14-5-3-11(20)7-15(14)23-19/h3,5,7,10H,2,4,6,9H2,1H3,(H,22,23)(H,24,25). The fourth-order valence-corrected chi connectivity index (χ4v) is 5.52. The lowest BCUT2D eigenvalue weighted by Crippen LogP contribution is -2.14. The maximum Gasteiger partial charge on any atom is 0.235 e. The van der Waals surface area contributed by atoms with Crippen molar-refractivity contribution in [2.45, 2.75) is 31.3 Å². The lowest BCUT2D eigenvalue weighted by molar-refractivity contribution is -0.113. The van der Waals surface area contributed by atoms with Crippen molar-refractivity contribution >= 4 is 56.6 Å². The van der Waals surface area contributed by atoms with Crippen molar-refractivity contribution in [1.82, 2.24) is 9.97 Å². The van der Waals surface area contributed by atoms with Gasteiger partial charge >= 0.3 is 0 Å². The lowest BCUT2D eigenvalue weighted by atomic mass is 9.89. The normalized spacial score (nSPS) is 16.1. The molecule has 0 bridgehead atoms. The molecule has 0 aliphatic heterocycles. The average Bonchev–Trinajstić information content (AvgIpc) is 3.19. The molecule has 8 heteroatoms. The van der Waals surface area contributed by atoms with Crippen molar-refractivity contribution in [2.75, 3.05) is 11.1 Å². The van der Waals surface area contributed by atoms with E-state index in [4.69, 9.17) is 11.6 Å². The summed E-state index contributed by atoms with van der Waals surface area (Å²) in [5, 5.41) is 14.4. The molecule has 0 saturated heterocycles. The van der Waals surface area contributed by atoms with E-state index in [2.05, 4.69) is 28.3 Å². The Bertz CT molecular complexity index is 1070. The number of aromatic nitrogens is 2. The van der Waals surface area contributed by atoms with Crippen LogP contribution < -0.4 is 5.32 Å². The number of fused-ring (bicyclic) bond motifs is 2. The van der Waals surface area contributed by atoms with E-state index in [1.165, 1.54) is 16.6 Å². The second kappa shape index (κ2) is 7.55. The number of thiophene rings is 1. The second-order valence-electron chi connectivity index (χ2n) is 6.71. The largest absolute Gasteiger partial charge is 0.333 e. The number of rotatable bonds is 4. The first-order valence-electron chi connectivity index (χ1n) is 8.66. The van der Waals surface area contributed by atoms with Crippen LogP contribution in [0.5, 0.6) is 0 Å². The van der Waals surface area contributed by atoms with Gasteiger partial charge < -0.3 is 10.3 Å². The van der Waals surface area contributed by atoms with E-state index < -0.39 is 0 Å². The number of carbonyl (C=O) groups is 1. The summed E-state index contributed by atoms with van der Waals surface area (Å²) in [4.78, 5) is 21.2. The smallest absolute Gasteiger partial charge is 0.235 e. The monoisotopic (exact) mass is 416 g/mol. The molecule has 3 aromatic rings. The number of nitrogens with zero attached hydrogens (tertiary/aromatic N) is 2.